The topological polar surface area (TPSA) is 115 Å². The molecule has 0 aliphatic carbocycles. The zero-order valence-electron chi connectivity index (χ0n) is 21.0. The Kier molecular flexibility index (Phi) is 8.04. The molecule has 4 rings (SSSR count). The van der Waals surface area contributed by atoms with Crippen molar-refractivity contribution in [1.82, 2.24) is 10.3 Å². The van der Waals surface area contributed by atoms with Crippen molar-refractivity contribution >= 4 is 17.8 Å². The molecule has 1 aromatic carbocycles. The van der Waals surface area contributed by atoms with E-state index in [9.17, 15) is 14.4 Å². The number of aryl methyl sites for hydroxylation is 2. The summed E-state index contributed by atoms with van der Waals surface area (Å²) < 4.78 is 11.0. The Bertz CT molecular complexity index is 1120. The number of aromatic carboxylic acids is 1. The van der Waals surface area contributed by atoms with Crippen LogP contribution in [-0.4, -0.2) is 54.3 Å². The predicted octanol–water partition coefficient (Wildman–Crippen LogP) is 3.85. The second-order valence-electron chi connectivity index (χ2n) is 10.0. The van der Waals surface area contributed by atoms with Crippen LogP contribution >= 0.6 is 0 Å². The summed E-state index contributed by atoms with van der Waals surface area (Å²) in [7, 11) is 0. The first kappa shape index (κ1) is 25.8. The summed E-state index contributed by atoms with van der Waals surface area (Å²) in [5, 5.41) is 12.1. The van der Waals surface area contributed by atoms with Crippen LogP contribution in [0.1, 0.15) is 81.1 Å². The van der Waals surface area contributed by atoms with Gasteiger partial charge >= 0.3 is 11.9 Å². The number of nitrogens with zero attached hydrogens (tertiary/aromatic N) is 1. The highest BCUT2D eigenvalue weighted by atomic mass is 16.5. The number of carbonyl (C=O) groups is 3. The van der Waals surface area contributed by atoms with Crippen LogP contribution in [0.4, 0.5) is 0 Å². The van der Waals surface area contributed by atoms with Gasteiger partial charge in [-0.2, -0.15) is 0 Å². The fourth-order valence-electron chi connectivity index (χ4n) is 5.03. The molecule has 2 aliphatic heterocycles. The van der Waals surface area contributed by atoms with Crippen LogP contribution < -0.4 is 5.32 Å². The van der Waals surface area contributed by atoms with Crippen molar-refractivity contribution in [1.29, 1.82) is 0 Å². The second kappa shape index (κ2) is 11.2. The number of ether oxygens (including phenoxy) is 2. The number of rotatable bonds is 8. The Morgan fingerprint density at radius 3 is 2.56 bits per heavy atom. The van der Waals surface area contributed by atoms with Gasteiger partial charge in [-0.15, -0.1) is 0 Å². The third kappa shape index (κ3) is 5.93. The number of hydrogen-bond acceptors (Lipinski definition) is 6. The number of fused-ring (bicyclic) bond motifs is 1. The van der Waals surface area contributed by atoms with Crippen LogP contribution in [0.3, 0.4) is 0 Å². The molecule has 2 aromatic rings. The molecule has 1 aromatic heterocycles. The van der Waals surface area contributed by atoms with Crippen LogP contribution in [-0.2, 0) is 28.7 Å². The highest BCUT2D eigenvalue weighted by Gasteiger charge is 2.37. The lowest BCUT2D eigenvalue weighted by atomic mass is 9.75. The summed E-state index contributed by atoms with van der Waals surface area (Å²) in [4.78, 5) is 41.1. The number of amides is 1. The highest BCUT2D eigenvalue weighted by molar-refractivity contribution is 5.97. The second-order valence-corrected chi connectivity index (χ2v) is 10.0. The van der Waals surface area contributed by atoms with Crippen LogP contribution in [0.5, 0.6) is 0 Å². The Morgan fingerprint density at radius 1 is 1.19 bits per heavy atom. The summed E-state index contributed by atoms with van der Waals surface area (Å²) in [5.41, 5.74) is 4.11. The number of pyridine rings is 1. The molecule has 1 spiro atoms. The summed E-state index contributed by atoms with van der Waals surface area (Å²) >= 11 is 0. The van der Waals surface area contributed by atoms with Crippen LogP contribution in [0.15, 0.2) is 30.3 Å². The zero-order chi connectivity index (χ0) is 25.7. The standard InChI is InChI=1S/C28H34N2O6/c1-3-23-24-21(15-28(17-29-25(24)31)10-12-35-13-11-28)14-22(30-23)9-4-18(2)16-36-27(34)20-7-5-19(6-8-20)26(32)33/h5-8,14,18H,3-4,9-13,15-17H2,1-2H3,(H,29,31)(H,32,33)/t18-/m1/s1. The molecule has 2 aliphatic rings. The number of esters is 1. The minimum Gasteiger partial charge on any atom is -0.478 e. The molecule has 0 saturated carbocycles. The normalized spacial score (nSPS) is 17.6. The van der Waals surface area contributed by atoms with Gasteiger partial charge in [-0.25, -0.2) is 9.59 Å². The van der Waals surface area contributed by atoms with Crippen molar-refractivity contribution in [2.45, 2.75) is 52.4 Å². The Balaban J connectivity index is 1.39. The van der Waals surface area contributed by atoms with Crippen molar-refractivity contribution in [3.05, 3.63) is 64.0 Å². The quantitative estimate of drug-likeness (QED) is 0.536. The molecular formula is C28H34N2O6. The number of nitrogens with one attached hydrogen (secondary N) is 1. The summed E-state index contributed by atoms with van der Waals surface area (Å²) in [6.45, 7) is 6.43. The molecule has 0 unspecified atom stereocenters. The average Bonchev–Trinajstić information content (AvgIpc) is 3.02. The first-order chi connectivity index (χ1) is 17.3. The van der Waals surface area contributed by atoms with E-state index in [-0.39, 0.29) is 29.4 Å². The lowest BCUT2D eigenvalue weighted by molar-refractivity contribution is 0.0161. The maximum Gasteiger partial charge on any atom is 0.338 e. The van der Waals surface area contributed by atoms with Gasteiger partial charge in [-0.1, -0.05) is 13.8 Å². The minimum atomic E-state index is -1.04. The lowest BCUT2D eigenvalue weighted by Gasteiger charge is -2.36. The molecule has 192 valence electrons. The van der Waals surface area contributed by atoms with E-state index in [0.717, 1.165) is 67.8 Å². The lowest BCUT2D eigenvalue weighted by Crippen LogP contribution is -2.40. The third-order valence-electron chi connectivity index (χ3n) is 7.29. The Morgan fingerprint density at radius 2 is 1.89 bits per heavy atom. The van der Waals surface area contributed by atoms with Gasteiger partial charge in [0.15, 0.2) is 0 Å². The van der Waals surface area contributed by atoms with Gasteiger partial charge in [0.25, 0.3) is 5.91 Å². The Hall–Kier alpha value is -3.26. The third-order valence-corrected chi connectivity index (χ3v) is 7.29. The maximum atomic E-state index is 12.9. The number of aromatic nitrogens is 1. The van der Waals surface area contributed by atoms with E-state index in [1.54, 1.807) is 0 Å². The molecule has 0 bridgehead atoms. The first-order valence-corrected chi connectivity index (χ1v) is 12.7. The fraction of sp³-hybridized carbons (Fsp3) is 0.500. The molecule has 36 heavy (non-hydrogen) atoms. The molecule has 1 fully saturated rings. The molecule has 1 atom stereocenters. The fourth-order valence-corrected chi connectivity index (χ4v) is 5.03. The SMILES string of the molecule is CCc1nc(CC[C@@H](C)COC(=O)c2ccc(C(=O)O)cc2)cc2c1C(=O)NCC1(CCOCC1)C2. The summed E-state index contributed by atoms with van der Waals surface area (Å²) in [6, 6.07) is 7.80. The smallest absolute Gasteiger partial charge is 0.338 e. The van der Waals surface area contributed by atoms with Crippen LogP contribution in [0.25, 0.3) is 0 Å². The van der Waals surface area contributed by atoms with Crippen molar-refractivity contribution in [2.75, 3.05) is 26.4 Å². The van der Waals surface area contributed by atoms with E-state index >= 15 is 0 Å². The van der Waals surface area contributed by atoms with Crippen LogP contribution in [0, 0.1) is 11.3 Å². The van der Waals surface area contributed by atoms with E-state index in [1.165, 1.54) is 24.3 Å². The van der Waals surface area contributed by atoms with Gasteiger partial charge in [-0.3, -0.25) is 9.78 Å². The Labute approximate surface area is 211 Å². The molecule has 3 heterocycles. The molecule has 1 saturated heterocycles. The van der Waals surface area contributed by atoms with E-state index < -0.39 is 11.9 Å². The van der Waals surface area contributed by atoms with Crippen molar-refractivity contribution in [2.24, 2.45) is 11.3 Å². The average molecular weight is 495 g/mol. The molecule has 1 amide bonds. The highest BCUT2D eigenvalue weighted by Crippen LogP contribution is 2.37. The molecule has 8 nitrogen and oxygen atoms in total. The predicted molar refractivity (Wildman–Crippen MR) is 133 cm³/mol. The number of carboxylic acids is 1. The maximum absolute atomic E-state index is 12.9. The van der Waals surface area contributed by atoms with Gasteiger partial charge in [0.2, 0.25) is 0 Å². The van der Waals surface area contributed by atoms with Crippen molar-refractivity contribution < 1.29 is 29.0 Å². The molecular weight excluding hydrogens is 460 g/mol. The number of carbonyl (C=O) groups excluding carboxylic acids is 2. The summed E-state index contributed by atoms with van der Waals surface area (Å²) in [6.07, 6.45) is 4.92. The van der Waals surface area contributed by atoms with E-state index in [1.807, 2.05) is 13.8 Å². The van der Waals surface area contributed by atoms with Gasteiger partial charge in [0, 0.05) is 25.5 Å². The first-order valence-electron chi connectivity index (χ1n) is 12.7. The number of hydrogen-bond donors (Lipinski definition) is 2. The van der Waals surface area contributed by atoms with Crippen LogP contribution in [0.2, 0.25) is 0 Å². The van der Waals surface area contributed by atoms with Gasteiger partial charge in [0.1, 0.15) is 0 Å². The minimum absolute atomic E-state index is 0.0269. The van der Waals surface area contributed by atoms with Crippen molar-refractivity contribution in [3.63, 3.8) is 0 Å². The van der Waals surface area contributed by atoms with Crippen molar-refractivity contribution in [3.8, 4) is 0 Å². The molecule has 0 radical (unpaired) electrons. The zero-order valence-corrected chi connectivity index (χ0v) is 21.0. The largest absolute Gasteiger partial charge is 0.478 e. The summed E-state index contributed by atoms with van der Waals surface area (Å²) in [5.74, 6) is -1.42. The van der Waals surface area contributed by atoms with E-state index in [4.69, 9.17) is 19.6 Å². The van der Waals surface area contributed by atoms with Gasteiger partial charge in [0.05, 0.1) is 29.0 Å². The van der Waals surface area contributed by atoms with Gasteiger partial charge in [-0.05, 0) is 85.8 Å². The number of carboxylic acid groups (broad SMARTS) is 1. The molecule has 2 N–H and O–H groups in total. The molecule has 8 heteroatoms. The van der Waals surface area contributed by atoms with E-state index in [0.29, 0.717) is 18.5 Å². The monoisotopic (exact) mass is 494 g/mol. The van der Waals surface area contributed by atoms with Gasteiger partial charge < -0.3 is 19.9 Å². The number of benzene rings is 1. The van der Waals surface area contributed by atoms with E-state index in [2.05, 4.69) is 11.4 Å².